The minimum Gasteiger partial charge on any atom is -0.444 e. The zero-order chi connectivity index (χ0) is 16.2. The summed E-state index contributed by atoms with van der Waals surface area (Å²) < 4.78 is 11.2. The molecule has 120 valence electrons. The topological polar surface area (TPSA) is 67.8 Å². The number of carbonyl (C=O) groups excluding carboxylic acids is 1. The van der Waals surface area contributed by atoms with E-state index in [2.05, 4.69) is 39.2 Å². The summed E-state index contributed by atoms with van der Waals surface area (Å²) in [5, 5.41) is 12.1. The van der Waals surface area contributed by atoms with E-state index in [1.54, 1.807) is 0 Å². The van der Waals surface area contributed by atoms with Gasteiger partial charge in [-0.15, -0.1) is 0 Å². The molecule has 0 saturated carbocycles. The fourth-order valence-corrected chi connectivity index (χ4v) is 2.59. The van der Waals surface area contributed by atoms with E-state index in [-0.39, 0.29) is 18.2 Å². The maximum Gasteiger partial charge on any atom is 0.407 e. The quantitative estimate of drug-likeness (QED) is 0.766. The number of ether oxygens (including phenoxy) is 1. The SMILES string of the molecule is CC(C)(C)OC(=O)NCC(CO)O[Si](C)(C)C(C)(C)C. The van der Waals surface area contributed by atoms with Gasteiger partial charge >= 0.3 is 6.09 Å². The molecular weight excluding hydrogens is 274 g/mol. The lowest BCUT2D eigenvalue weighted by molar-refractivity contribution is 0.0463. The molecule has 1 amide bonds. The van der Waals surface area contributed by atoms with Crippen molar-refractivity contribution >= 4 is 14.4 Å². The predicted octanol–water partition coefficient (Wildman–Crippen LogP) is 2.89. The molecule has 0 spiro atoms. The number of nitrogens with one attached hydrogen (secondary N) is 1. The maximum atomic E-state index is 11.6. The molecule has 0 aromatic rings. The summed E-state index contributed by atoms with van der Waals surface area (Å²) in [7, 11) is -1.96. The molecule has 0 bridgehead atoms. The molecule has 0 aromatic carbocycles. The lowest BCUT2D eigenvalue weighted by Gasteiger charge is -2.38. The molecular formula is C14H31NO4Si. The first kappa shape index (κ1) is 19.4. The Morgan fingerprint density at radius 1 is 1.20 bits per heavy atom. The highest BCUT2D eigenvalue weighted by atomic mass is 28.4. The van der Waals surface area contributed by atoms with Crippen molar-refractivity contribution in [2.24, 2.45) is 0 Å². The Morgan fingerprint density at radius 2 is 1.70 bits per heavy atom. The molecule has 1 unspecified atom stereocenters. The van der Waals surface area contributed by atoms with E-state index in [1.807, 2.05) is 20.8 Å². The summed E-state index contributed by atoms with van der Waals surface area (Å²) in [5.41, 5.74) is -0.529. The average molecular weight is 305 g/mol. The highest BCUT2D eigenvalue weighted by molar-refractivity contribution is 6.74. The second-order valence-corrected chi connectivity index (χ2v) is 12.3. The maximum absolute atomic E-state index is 11.6. The standard InChI is InChI=1S/C14H31NO4Si/c1-13(2,3)18-12(17)15-9-11(10-16)19-20(7,8)14(4,5)6/h11,16H,9-10H2,1-8H3,(H,15,17). The minimum atomic E-state index is -1.96. The number of hydrogen-bond donors (Lipinski definition) is 2. The molecule has 0 fully saturated rings. The lowest BCUT2D eigenvalue weighted by atomic mass is 10.2. The third kappa shape index (κ3) is 7.26. The van der Waals surface area contributed by atoms with E-state index >= 15 is 0 Å². The van der Waals surface area contributed by atoms with Gasteiger partial charge in [-0.25, -0.2) is 4.79 Å². The highest BCUT2D eigenvalue weighted by Gasteiger charge is 2.39. The number of amides is 1. The van der Waals surface area contributed by atoms with Crippen LogP contribution in [0.3, 0.4) is 0 Å². The van der Waals surface area contributed by atoms with Gasteiger partial charge < -0.3 is 19.6 Å². The minimum absolute atomic E-state index is 0.0618. The van der Waals surface area contributed by atoms with Gasteiger partial charge in [-0.1, -0.05) is 20.8 Å². The summed E-state index contributed by atoms with van der Waals surface area (Å²) in [6.45, 7) is 16.2. The molecule has 0 rings (SSSR count). The van der Waals surface area contributed by atoms with Crippen LogP contribution in [0.4, 0.5) is 4.79 Å². The number of alkyl carbamates (subject to hydrolysis) is 1. The fraction of sp³-hybridized carbons (Fsp3) is 0.929. The van der Waals surface area contributed by atoms with Crippen molar-refractivity contribution in [3.63, 3.8) is 0 Å². The van der Waals surface area contributed by atoms with Crippen LogP contribution in [0.2, 0.25) is 18.1 Å². The predicted molar refractivity (Wildman–Crippen MR) is 83.4 cm³/mol. The Balaban J connectivity index is 4.41. The number of rotatable bonds is 5. The Morgan fingerprint density at radius 3 is 2.05 bits per heavy atom. The molecule has 0 saturated heterocycles. The molecule has 2 N–H and O–H groups in total. The molecule has 5 nitrogen and oxygen atoms in total. The van der Waals surface area contributed by atoms with Crippen LogP contribution in [0, 0.1) is 0 Å². The molecule has 0 heterocycles. The normalized spacial score (nSPS) is 14.8. The Kier molecular flexibility index (Phi) is 6.71. The number of aliphatic hydroxyl groups is 1. The van der Waals surface area contributed by atoms with Gasteiger partial charge in [0.1, 0.15) is 5.60 Å². The van der Waals surface area contributed by atoms with Crippen molar-refractivity contribution in [3.8, 4) is 0 Å². The van der Waals surface area contributed by atoms with Crippen molar-refractivity contribution in [2.45, 2.75) is 71.4 Å². The molecule has 0 aliphatic heterocycles. The zero-order valence-electron chi connectivity index (χ0n) is 14.2. The summed E-state index contributed by atoms with van der Waals surface area (Å²) >= 11 is 0. The van der Waals surface area contributed by atoms with Gasteiger partial charge in [0.05, 0.1) is 12.7 Å². The molecule has 0 radical (unpaired) electrons. The van der Waals surface area contributed by atoms with Crippen molar-refractivity contribution in [2.75, 3.05) is 13.2 Å². The first-order chi connectivity index (χ1) is 8.78. The second kappa shape index (κ2) is 6.91. The van der Waals surface area contributed by atoms with E-state index in [9.17, 15) is 9.90 Å². The first-order valence-corrected chi connectivity index (χ1v) is 9.95. The third-order valence-electron chi connectivity index (χ3n) is 3.34. The number of hydrogen-bond acceptors (Lipinski definition) is 4. The monoisotopic (exact) mass is 305 g/mol. The largest absolute Gasteiger partial charge is 0.444 e. The van der Waals surface area contributed by atoms with Crippen LogP contribution in [0.1, 0.15) is 41.5 Å². The third-order valence-corrected chi connectivity index (χ3v) is 7.88. The van der Waals surface area contributed by atoms with Crippen LogP contribution >= 0.6 is 0 Å². The lowest BCUT2D eigenvalue weighted by Crippen LogP contribution is -2.48. The second-order valence-electron chi connectivity index (χ2n) is 7.57. The van der Waals surface area contributed by atoms with E-state index in [1.165, 1.54) is 0 Å². The van der Waals surface area contributed by atoms with Gasteiger partial charge in [0.2, 0.25) is 0 Å². The zero-order valence-corrected chi connectivity index (χ0v) is 15.2. The van der Waals surface area contributed by atoms with Crippen molar-refractivity contribution in [1.82, 2.24) is 5.32 Å². The van der Waals surface area contributed by atoms with Crippen molar-refractivity contribution in [1.29, 1.82) is 0 Å². The van der Waals surface area contributed by atoms with Crippen LogP contribution < -0.4 is 5.32 Å². The van der Waals surface area contributed by atoms with E-state index < -0.39 is 26.1 Å². The van der Waals surface area contributed by atoms with Crippen LogP contribution in [-0.2, 0) is 9.16 Å². The number of carbonyl (C=O) groups is 1. The molecule has 20 heavy (non-hydrogen) atoms. The van der Waals surface area contributed by atoms with Gasteiger partial charge in [0.15, 0.2) is 8.32 Å². The van der Waals surface area contributed by atoms with E-state index in [0.29, 0.717) is 0 Å². The van der Waals surface area contributed by atoms with Crippen LogP contribution in [0.15, 0.2) is 0 Å². The van der Waals surface area contributed by atoms with Gasteiger partial charge in [-0.05, 0) is 38.9 Å². The van der Waals surface area contributed by atoms with Gasteiger partial charge in [0.25, 0.3) is 0 Å². The number of aliphatic hydroxyl groups excluding tert-OH is 1. The average Bonchev–Trinajstić information content (AvgIpc) is 2.19. The highest BCUT2D eigenvalue weighted by Crippen LogP contribution is 2.37. The molecule has 1 atom stereocenters. The summed E-state index contributed by atoms with van der Waals surface area (Å²) in [4.78, 5) is 11.6. The van der Waals surface area contributed by atoms with Crippen LogP contribution in [0.5, 0.6) is 0 Å². The van der Waals surface area contributed by atoms with E-state index in [4.69, 9.17) is 9.16 Å². The Bertz CT molecular complexity index is 318. The Hall–Kier alpha value is -0.593. The first-order valence-electron chi connectivity index (χ1n) is 7.04. The van der Waals surface area contributed by atoms with Gasteiger partial charge in [-0.2, -0.15) is 0 Å². The summed E-state index contributed by atoms with van der Waals surface area (Å²) in [6, 6.07) is 0. The molecule has 6 heteroatoms. The summed E-state index contributed by atoms with van der Waals surface area (Å²) in [5.74, 6) is 0. The van der Waals surface area contributed by atoms with Crippen molar-refractivity contribution < 1.29 is 19.1 Å². The molecule has 0 aromatic heterocycles. The summed E-state index contributed by atoms with van der Waals surface area (Å²) in [6.07, 6.45) is -0.891. The van der Waals surface area contributed by atoms with Gasteiger partial charge in [-0.3, -0.25) is 0 Å². The van der Waals surface area contributed by atoms with Crippen LogP contribution in [-0.4, -0.2) is 44.4 Å². The van der Waals surface area contributed by atoms with Crippen molar-refractivity contribution in [3.05, 3.63) is 0 Å². The fourth-order valence-electron chi connectivity index (χ4n) is 1.25. The molecule has 0 aliphatic rings. The molecule has 0 aliphatic carbocycles. The van der Waals surface area contributed by atoms with Crippen LogP contribution in [0.25, 0.3) is 0 Å². The smallest absolute Gasteiger partial charge is 0.407 e. The van der Waals surface area contributed by atoms with E-state index in [0.717, 1.165) is 0 Å². The van der Waals surface area contributed by atoms with Gasteiger partial charge in [0, 0.05) is 6.54 Å². The Labute approximate surface area is 124 Å².